The molecule has 0 radical (unpaired) electrons. The van der Waals surface area contributed by atoms with Crippen LogP contribution in [0.25, 0.3) is 0 Å². The Hall–Kier alpha value is 0.177. The summed E-state index contributed by atoms with van der Waals surface area (Å²) in [5.41, 5.74) is 0.744. The van der Waals surface area contributed by atoms with Crippen LogP contribution in [0.15, 0.2) is 0 Å². The summed E-state index contributed by atoms with van der Waals surface area (Å²) in [5, 5.41) is 0. The van der Waals surface area contributed by atoms with Gasteiger partial charge in [0.05, 0.1) is 0 Å². The zero-order chi connectivity index (χ0) is 14.4. The van der Waals surface area contributed by atoms with Crippen molar-refractivity contribution in [2.75, 3.05) is 0 Å². The summed E-state index contributed by atoms with van der Waals surface area (Å²) in [7, 11) is -1.43. The van der Waals surface area contributed by atoms with Gasteiger partial charge in [0, 0.05) is 6.10 Å². The molecule has 3 unspecified atom stereocenters. The summed E-state index contributed by atoms with van der Waals surface area (Å²) >= 11 is 0. The molecule has 1 fully saturated rings. The van der Waals surface area contributed by atoms with Gasteiger partial charge in [-0.25, -0.2) is 0 Å². The van der Waals surface area contributed by atoms with Crippen LogP contribution in [0.5, 0.6) is 0 Å². The van der Waals surface area contributed by atoms with Crippen molar-refractivity contribution in [3.63, 3.8) is 0 Å². The summed E-state index contributed by atoms with van der Waals surface area (Å²) < 4.78 is 6.50. The molecule has 18 heavy (non-hydrogen) atoms. The van der Waals surface area contributed by atoms with Gasteiger partial charge in [0.25, 0.3) is 0 Å². The molecule has 0 heterocycles. The van der Waals surface area contributed by atoms with E-state index in [1.165, 1.54) is 12.8 Å². The van der Waals surface area contributed by atoms with Crippen molar-refractivity contribution in [3.8, 4) is 0 Å². The molecule has 0 aromatic carbocycles. The Morgan fingerprint density at radius 2 is 1.33 bits per heavy atom. The van der Waals surface area contributed by atoms with E-state index < -0.39 is 8.32 Å². The molecule has 0 saturated heterocycles. The van der Waals surface area contributed by atoms with E-state index in [9.17, 15) is 0 Å². The first-order valence-electron chi connectivity index (χ1n) is 7.50. The minimum Gasteiger partial charge on any atom is -0.414 e. The van der Waals surface area contributed by atoms with Gasteiger partial charge in [-0.15, -0.1) is 0 Å². The van der Waals surface area contributed by atoms with Crippen LogP contribution >= 0.6 is 0 Å². The number of hydrogen-bond acceptors (Lipinski definition) is 1. The van der Waals surface area contributed by atoms with Crippen molar-refractivity contribution in [1.82, 2.24) is 0 Å². The highest BCUT2D eigenvalue weighted by molar-refractivity contribution is 6.69. The van der Waals surface area contributed by atoms with Crippen LogP contribution in [0.4, 0.5) is 0 Å². The standard InChI is InChI=1S/C16H34OSi/c1-15(2,3)12-10-11-13(17-18(7,8)9)14(12)16(4,5)6/h12-14H,10-11H2,1-9H3. The molecule has 1 aliphatic carbocycles. The van der Waals surface area contributed by atoms with Gasteiger partial charge < -0.3 is 4.43 Å². The highest BCUT2D eigenvalue weighted by Crippen LogP contribution is 2.52. The molecule has 3 atom stereocenters. The minimum atomic E-state index is -1.43. The first-order chi connectivity index (χ1) is 7.82. The maximum Gasteiger partial charge on any atom is 0.184 e. The smallest absolute Gasteiger partial charge is 0.184 e. The average molecular weight is 271 g/mol. The molecule has 1 nitrogen and oxygen atoms in total. The molecular formula is C16H34OSi. The molecule has 2 heteroatoms. The molecule has 0 spiro atoms. The minimum absolute atomic E-state index is 0.346. The lowest BCUT2D eigenvalue weighted by Crippen LogP contribution is -2.42. The highest BCUT2D eigenvalue weighted by Gasteiger charge is 2.48. The fraction of sp³-hybridized carbons (Fsp3) is 1.00. The molecule has 0 aromatic heterocycles. The molecule has 0 N–H and O–H groups in total. The van der Waals surface area contributed by atoms with Gasteiger partial charge in [-0.3, -0.25) is 0 Å². The van der Waals surface area contributed by atoms with Crippen molar-refractivity contribution < 1.29 is 4.43 Å². The van der Waals surface area contributed by atoms with Crippen molar-refractivity contribution in [2.45, 2.75) is 80.1 Å². The van der Waals surface area contributed by atoms with Crippen LogP contribution in [0.1, 0.15) is 54.4 Å². The van der Waals surface area contributed by atoms with Crippen LogP contribution in [-0.2, 0) is 4.43 Å². The van der Waals surface area contributed by atoms with Gasteiger partial charge >= 0.3 is 0 Å². The summed E-state index contributed by atoms with van der Waals surface area (Å²) in [5.74, 6) is 1.49. The summed E-state index contributed by atoms with van der Waals surface area (Å²) in [6.45, 7) is 21.3. The molecule has 0 bridgehead atoms. The van der Waals surface area contributed by atoms with Gasteiger partial charge in [0.2, 0.25) is 0 Å². The molecule has 1 saturated carbocycles. The van der Waals surface area contributed by atoms with Crippen molar-refractivity contribution in [2.24, 2.45) is 22.7 Å². The van der Waals surface area contributed by atoms with Crippen molar-refractivity contribution >= 4 is 8.32 Å². The maximum absolute atomic E-state index is 6.50. The average Bonchev–Trinajstić information content (AvgIpc) is 2.41. The molecular weight excluding hydrogens is 236 g/mol. The molecule has 108 valence electrons. The topological polar surface area (TPSA) is 9.23 Å². The van der Waals surface area contributed by atoms with E-state index in [-0.39, 0.29) is 0 Å². The highest BCUT2D eigenvalue weighted by atomic mass is 28.4. The van der Waals surface area contributed by atoms with Gasteiger partial charge in [0.15, 0.2) is 8.32 Å². The molecule has 0 amide bonds. The molecule has 1 rings (SSSR count). The van der Waals surface area contributed by atoms with Gasteiger partial charge in [-0.1, -0.05) is 41.5 Å². The zero-order valence-corrected chi connectivity index (χ0v) is 15.1. The van der Waals surface area contributed by atoms with E-state index in [1.54, 1.807) is 0 Å². The quantitative estimate of drug-likeness (QED) is 0.617. The Labute approximate surface area is 116 Å². The number of rotatable bonds is 2. The van der Waals surface area contributed by atoms with Crippen LogP contribution in [0, 0.1) is 22.7 Å². The van der Waals surface area contributed by atoms with Crippen LogP contribution in [0.2, 0.25) is 19.6 Å². The van der Waals surface area contributed by atoms with E-state index in [0.717, 1.165) is 5.92 Å². The molecule has 1 aliphatic rings. The van der Waals surface area contributed by atoms with Crippen LogP contribution in [0.3, 0.4) is 0 Å². The van der Waals surface area contributed by atoms with Crippen molar-refractivity contribution in [3.05, 3.63) is 0 Å². The van der Waals surface area contributed by atoms with E-state index in [2.05, 4.69) is 61.2 Å². The summed E-state index contributed by atoms with van der Waals surface area (Å²) in [4.78, 5) is 0. The normalized spacial score (nSPS) is 30.8. The molecule has 0 aromatic rings. The second kappa shape index (κ2) is 4.94. The monoisotopic (exact) mass is 270 g/mol. The second-order valence-electron chi connectivity index (χ2n) is 9.21. The van der Waals surface area contributed by atoms with Crippen LogP contribution in [-0.4, -0.2) is 14.4 Å². The lowest BCUT2D eigenvalue weighted by molar-refractivity contribution is 0.0230. The third-order valence-electron chi connectivity index (χ3n) is 4.21. The third-order valence-corrected chi connectivity index (χ3v) is 5.22. The largest absolute Gasteiger partial charge is 0.414 e. The van der Waals surface area contributed by atoms with Gasteiger partial charge in [-0.05, 0) is 55.1 Å². The van der Waals surface area contributed by atoms with E-state index in [4.69, 9.17) is 4.43 Å². The fourth-order valence-electron chi connectivity index (χ4n) is 3.68. The van der Waals surface area contributed by atoms with Crippen LogP contribution < -0.4 is 0 Å². The maximum atomic E-state index is 6.50. The van der Waals surface area contributed by atoms with Gasteiger partial charge in [0.1, 0.15) is 0 Å². The van der Waals surface area contributed by atoms with Gasteiger partial charge in [-0.2, -0.15) is 0 Å². The Balaban J connectivity index is 2.95. The Kier molecular flexibility index (Phi) is 4.45. The Bertz CT molecular complexity index is 277. The van der Waals surface area contributed by atoms with E-state index >= 15 is 0 Å². The number of hydrogen-bond donors (Lipinski definition) is 0. The first kappa shape index (κ1) is 16.2. The SMILES string of the molecule is CC(C)(C)C1CCC(O[Si](C)(C)C)C1C(C)(C)C. The zero-order valence-electron chi connectivity index (χ0n) is 14.1. The van der Waals surface area contributed by atoms with Crippen molar-refractivity contribution in [1.29, 1.82) is 0 Å². The van der Waals surface area contributed by atoms with E-state index in [0.29, 0.717) is 22.9 Å². The predicted molar refractivity (Wildman–Crippen MR) is 83.3 cm³/mol. The predicted octanol–water partition coefficient (Wildman–Crippen LogP) is 5.32. The van der Waals surface area contributed by atoms with E-state index in [1.807, 2.05) is 0 Å². The summed E-state index contributed by atoms with van der Waals surface area (Å²) in [6, 6.07) is 0. The lowest BCUT2D eigenvalue weighted by Gasteiger charge is -2.43. The first-order valence-corrected chi connectivity index (χ1v) is 10.9. The third kappa shape index (κ3) is 4.09. The second-order valence-corrected chi connectivity index (χ2v) is 13.7. The Morgan fingerprint density at radius 3 is 1.67 bits per heavy atom. The summed E-state index contributed by atoms with van der Waals surface area (Å²) in [6.07, 6.45) is 3.08. The molecule has 0 aliphatic heterocycles. The lowest BCUT2D eigenvalue weighted by atomic mass is 9.65. The Morgan fingerprint density at radius 1 is 0.833 bits per heavy atom. The fourth-order valence-corrected chi connectivity index (χ4v) is 4.85.